The average molecular weight is 281 g/mol. The maximum atomic E-state index is 13.1. The summed E-state index contributed by atoms with van der Waals surface area (Å²) >= 11 is 1.33. The van der Waals surface area contributed by atoms with Crippen molar-refractivity contribution in [1.82, 2.24) is 4.90 Å². The van der Waals surface area contributed by atoms with Crippen molar-refractivity contribution in [1.29, 1.82) is 0 Å². The van der Waals surface area contributed by atoms with Crippen LogP contribution < -0.4 is 0 Å². The van der Waals surface area contributed by atoms with Gasteiger partial charge in [-0.2, -0.15) is 8.78 Å². The molecule has 1 unspecified atom stereocenters. The molecule has 7 heteroatoms. The van der Waals surface area contributed by atoms with Crippen molar-refractivity contribution in [2.45, 2.75) is 31.2 Å². The van der Waals surface area contributed by atoms with Crippen LogP contribution in [0.2, 0.25) is 0 Å². The van der Waals surface area contributed by atoms with E-state index in [0.29, 0.717) is 12.8 Å². The van der Waals surface area contributed by atoms with Gasteiger partial charge in [0, 0.05) is 11.4 Å². The lowest BCUT2D eigenvalue weighted by atomic mass is 10.1. The molecule has 1 aliphatic heterocycles. The first-order valence-corrected chi connectivity index (χ1v) is 6.33. The monoisotopic (exact) mass is 281 g/mol. The van der Waals surface area contributed by atoms with E-state index < -0.39 is 24.3 Å². The van der Waals surface area contributed by atoms with E-state index in [4.69, 9.17) is 0 Å². The van der Waals surface area contributed by atoms with Gasteiger partial charge < -0.3 is 4.90 Å². The molecule has 1 fully saturated rings. The number of hydrogen-bond donors (Lipinski definition) is 0. The van der Waals surface area contributed by atoms with E-state index in [-0.39, 0.29) is 6.54 Å². The summed E-state index contributed by atoms with van der Waals surface area (Å²) in [5.41, 5.74) is 0. The summed E-state index contributed by atoms with van der Waals surface area (Å²) in [5, 5.41) is 1.77. The zero-order valence-corrected chi connectivity index (χ0v) is 10.1. The first-order valence-electron chi connectivity index (χ1n) is 5.45. The molecule has 2 rings (SSSR count). The number of halogens is 4. The van der Waals surface area contributed by atoms with Crippen LogP contribution in [-0.4, -0.2) is 29.7 Å². The van der Waals surface area contributed by atoms with Gasteiger partial charge in [-0.3, -0.25) is 4.79 Å². The third-order valence-corrected chi connectivity index (χ3v) is 3.92. The summed E-state index contributed by atoms with van der Waals surface area (Å²) in [7, 11) is 0. The van der Waals surface area contributed by atoms with Gasteiger partial charge in [-0.1, -0.05) is 6.07 Å². The van der Waals surface area contributed by atoms with Crippen LogP contribution in [0.25, 0.3) is 0 Å². The van der Waals surface area contributed by atoms with Gasteiger partial charge in [-0.25, -0.2) is 8.78 Å². The normalized spacial score (nSPS) is 20.7. The lowest BCUT2D eigenvalue weighted by molar-refractivity contribution is -0.181. The van der Waals surface area contributed by atoms with Gasteiger partial charge in [0.05, 0.1) is 6.04 Å². The van der Waals surface area contributed by atoms with E-state index in [1.54, 1.807) is 17.5 Å². The Morgan fingerprint density at radius 2 is 2.22 bits per heavy atom. The van der Waals surface area contributed by atoms with Gasteiger partial charge in [-0.05, 0) is 24.3 Å². The largest absolute Gasteiger partial charge is 0.383 e. The number of carbonyl (C=O) groups excluding carboxylic acids is 1. The molecule has 100 valence electrons. The van der Waals surface area contributed by atoms with E-state index in [1.807, 2.05) is 0 Å². The zero-order valence-electron chi connectivity index (χ0n) is 9.28. The average Bonchev–Trinajstić information content (AvgIpc) is 2.97. The molecule has 0 spiro atoms. The van der Waals surface area contributed by atoms with Crippen LogP contribution in [0.1, 0.15) is 23.8 Å². The highest BCUT2D eigenvalue weighted by atomic mass is 32.1. The fourth-order valence-electron chi connectivity index (χ4n) is 2.07. The molecule has 2 nitrogen and oxygen atoms in total. The number of thiophene rings is 1. The predicted molar refractivity (Wildman–Crippen MR) is 59.0 cm³/mol. The first kappa shape index (κ1) is 13.3. The second kappa shape index (κ2) is 4.87. The van der Waals surface area contributed by atoms with E-state index >= 15 is 0 Å². The van der Waals surface area contributed by atoms with E-state index in [9.17, 15) is 22.4 Å². The third kappa shape index (κ3) is 2.23. The Bertz CT molecular complexity index is 421. The molecule has 0 N–H and O–H groups in total. The second-order valence-electron chi connectivity index (χ2n) is 4.10. The summed E-state index contributed by atoms with van der Waals surface area (Å²) < 4.78 is 50.5. The SMILES string of the molecule is O=C(N1CCCC1c1cccs1)C(F)(F)C(F)F. The zero-order chi connectivity index (χ0) is 13.3. The van der Waals surface area contributed by atoms with E-state index in [0.717, 1.165) is 9.78 Å². The van der Waals surface area contributed by atoms with Gasteiger partial charge in [0.15, 0.2) is 0 Å². The molecule has 1 atom stereocenters. The number of likely N-dealkylation sites (tertiary alicyclic amines) is 1. The van der Waals surface area contributed by atoms with E-state index in [2.05, 4.69) is 0 Å². The number of hydrogen-bond acceptors (Lipinski definition) is 2. The topological polar surface area (TPSA) is 20.3 Å². The van der Waals surface area contributed by atoms with Crippen LogP contribution in [-0.2, 0) is 4.79 Å². The van der Waals surface area contributed by atoms with Crippen LogP contribution in [0.4, 0.5) is 17.6 Å². The van der Waals surface area contributed by atoms with Gasteiger partial charge in [0.2, 0.25) is 0 Å². The second-order valence-corrected chi connectivity index (χ2v) is 5.07. The van der Waals surface area contributed by atoms with E-state index in [1.165, 1.54) is 11.3 Å². The fraction of sp³-hybridized carbons (Fsp3) is 0.545. The molecule has 1 aliphatic rings. The summed E-state index contributed by atoms with van der Waals surface area (Å²) in [5.74, 6) is -6.37. The predicted octanol–water partition coefficient (Wildman–Crippen LogP) is 3.31. The fourth-order valence-corrected chi connectivity index (χ4v) is 2.94. The van der Waals surface area contributed by atoms with Crippen LogP contribution in [0, 0.1) is 0 Å². The van der Waals surface area contributed by atoms with Crippen molar-refractivity contribution in [3.05, 3.63) is 22.4 Å². The number of alkyl halides is 4. The van der Waals surface area contributed by atoms with Crippen LogP contribution in [0.15, 0.2) is 17.5 Å². The van der Waals surface area contributed by atoms with Crippen LogP contribution in [0.5, 0.6) is 0 Å². The van der Waals surface area contributed by atoms with Crippen molar-refractivity contribution in [3.63, 3.8) is 0 Å². The van der Waals surface area contributed by atoms with Gasteiger partial charge >= 0.3 is 12.3 Å². The minimum atomic E-state index is -4.60. The van der Waals surface area contributed by atoms with Crippen LogP contribution >= 0.6 is 11.3 Å². The first-order chi connectivity index (χ1) is 8.44. The van der Waals surface area contributed by atoms with Crippen molar-refractivity contribution in [2.75, 3.05) is 6.54 Å². The maximum Gasteiger partial charge on any atom is 0.383 e. The summed E-state index contributed by atoms with van der Waals surface area (Å²) in [4.78, 5) is 13.1. The number of nitrogens with zero attached hydrogens (tertiary/aromatic N) is 1. The Hall–Kier alpha value is -1.11. The Kier molecular flexibility index (Phi) is 3.61. The Morgan fingerprint density at radius 3 is 2.78 bits per heavy atom. The lowest BCUT2D eigenvalue weighted by Gasteiger charge is -2.27. The lowest BCUT2D eigenvalue weighted by Crippen LogP contribution is -2.47. The number of rotatable bonds is 3. The molecule has 0 aliphatic carbocycles. The molecule has 1 aromatic heterocycles. The Balaban J connectivity index is 2.20. The number of amides is 1. The Morgan fingerprint density at radius 1 is 1.50 bits per heavy atom. The summed E-state index contributed by atoms with van der Waals surface area (Å²) in [6.45, 7) is 0.101. The minimum Gasteiger partial charge on any atom is -0.329 e. The molecule has 1 amide bonds. The molecule has 0 aromatic carbocycles. The highest BCUT2D eigenvalue weighted by Crippen LogP contribution is 2.38. The standard InChI is InChI=1S/C11H11F4NOS/c12-9(13)11(14,15)10(17)16-5-1-3-7(16)8-4-2-6-18-8/h2,4,6-7,9H,1,3,5H2. The number of carbonyl (C=O) groups is 1. The molecule has 0 radical (unpaired) electrons. The molecule has 0 saturated carbocycles. The maximum absolute atomic E-state index is 13.1. The molecule has 2 heterocycles. The molecule has 18 heavy (non-hydrogen) atoms. The minimum absolute atomic E-state index is 0.101. The van der Waals surface area contributed by atoms with Gasteiger partial charge in [0.1, 0.15) is 0 Å². The van der Waals surface area contributed by atoms with Crippen molar-refractivity contribution in [2.24, 2.45) is 0 Å². The van der Waals surface area contributed by atoms with Crippen molar-refractivity contribution in [3.8, 4) is 0 Å². The quantitative estimate of drug-likeness (QED) is 0.778. The van der Waals surface area contributed by atoms with Gasteiger partial charge in [-0.15, -0.1) is 11.3 Å². The molecular formula is C11H11F4NOS. The highest BCUT2D eigenvalue weighted by Gasteiger charge is 2.53. The molecular weight excluding hydrogens is 270 g/mol. The summed E-state index contributed by atoms with van der Waals surface area (Å²) in [6, 6.07) is 2.97. The van der Waals surface area contributed by atoms with Gasteiger partial charge in [0.25, 0.3) is 5.91 Å². The summed E-state index contributed by atoms with van der Waals surface area (Å²) in [6.07, 6.45) is -2.88. The molecule has 1 aromatic rings. The highest BCUT2D eigenvalue weighted by molar-refractivity contribution is 7.10. The van der Waals surface area contributed by atoms with Crippen molar-refractivity contribution < 1.29 is 22.4 Å². The smallest absolute Gasteiger partial charge is 0.329 e. The van der Waals surface area contributed by atoms with Crippen LogP contribution in [0.3, 0.4) is 0 Å². The third-order valence-electron chi connectivity index (χ3n) is 2.94. The molecule has 1 saturated heterocycles. The Labute approximate surface area is 105 Å². The van der Waals surface area contributed by atoms with Crippen molar-refractivity contribution >= 4 is 17.2 Å². The molecule has 0 bridgehead atoms.